The summed E-state index contributed by atoms with van der Waals surface area (Å²) in [5.74, 6) is 0.00208. The lowest BCUT2D eigenvalue weighted by Gasteiger charge is -2.32. The Morgan fingerprint density at radius 1 is 1.14 bits per heavy atom. The molecule has 4 aromatic heterocycles. The van der Waals surface area contributed by atoms with Gasteiger partial charge in [0.15, 0.2) is 0 Å². The Morgan fingerprint density at radius 2 is 2.00 bits per heavy atom. The summed E-state index contributed by atoms with van der Waals surface area (Å²) in [4.78, 5) is 18.7. The summed E-state index contributed by atoms with van der Waals surface area (Å²) in [7, 11) is 1.87. The predicted molar refractivity (Wildman–Crippen MR) is 106 cm³/mol. The van der Waals surface area contributed by atoms with Gasteiger partial charge in [-0.15, -0.1) is 5.10 Å². The monoisotopic (exact) mass is 388 g/mol. The molecule has 0 bridgehead atoms. The molecule has 1 fully saturated rings. The van der Waals surface area contributed by atoms with Crippen LogP contribution in [0.2, 0.25) is 0 Å². The predicted octanol–water partition coefficient (Wildman–Crippen LogP) is 2.34. The third-order valence-electron chi connectivity index (χ3n) is 5.28. The van der Waals surface area contributed by atoms with Crippen LogP contribution < -0.4 is 0 Å². The maximum absolute atomic E-state index is 12.9. The molecule has 0 unspecified atom stereocenters. The van der Waals surface area contributed by atoms with Gasteiger partial charge in [0.25, 0.3) is 5.91 Å². The number of fused-ring (bicyclic) bond motifs is 1. The first-order valence-electron chi connectivity index (χ1n) is 9.48. The lowest BCUT2D eigenvalue weighted by Crippen LogP contribution is -2.43. The fourth-order valence-electron chi connectivity index (χ4n) is 3.70. The molecule has 1 amide bonds. The number of carbonyl (C=O) groups excluding carboxylic acids is 1. The van der Waals surface area contributed by atoms with Crippen LogP contribution in [-0.4, -0.2) is 54.9 Å². The van der Waals surface area contributed by atoms with E-state index in [-0.39, 0.29) is 12.0 Å². The van der Waals surface area contributed by atoms with E-state index >= 15 is 0 Å². The highest BCUT2D eigenvalue weighted by Crippen LogP contribution is 2.27. The van der Waals surface area contributed by atoms with E-state index in [9.17, 15) is 4.79 Å². The Hall–Kier alpha value is -3.52. The van der Waals surface area contributed by atoms with Gasteiger partial charge >= 0.3 is 0 Å². The molecule has 0 aliphatic carbocycles. The van der Waals surface area contributed by atoms with Crippen molar-refractivity contribution in [2.24, 2.45) is 7.05 Å². The highest BCUT2D eigenvalue weighted by atomic mass is 16.5. The van der Waals surface area contributed by atoms with Crippen LogP contribution in [0.5, 0.6) is 0 Å². The van der Waals surface area contributed by atoms with Gasteiger partial charge in [0.05, 0.1) is 18.7 Å². The van der Waals surface area contributed by atoms with E-state index in [1.807, 2.05) is 65.3 Å². The number of amides is 1. The van der Waals surface area contributed by atoms with Crippen molar-refractivity contribution in [3.63, 3.8) is 0 Å². The number of hydrogen-bond donors (Lipinski definition) is 0. The second-order valence-electron chi connectivity index (χ2n) is 7.07. The Kier molecular flexibility index (Phi) is 4.33. The zero-order chi connectivity index (χ0) is 19.8. The molecule has 0 N–H and O–H groups in total. The highest BCUT2D eigenvalue weighted by Gasteiger charge is 2.30. The first-order valence-corrected chi connectivity index (χ1v) is 9.48. The van der Waals surface area contributed by atoms with Gasteiger partial charge in [-0.05, 0) is 35.9 Å². The van der Waals surface area contributed by atoms with E-state index in [0.717, 1.165) is 22.3 Å². The summed E-state index contributed by atoms with van der Waals surface area (Å²) in [5.41, 5.74) is 4.38. The van der Waals surface area contributed by atoms with Crippen LogP contribution in [0.15, 0.2) is 61.2 Å². The lowest BCUT2D eigenvalue weighted by molar-refractivity contribution is -0.0244. The van der Waals surface area contributed by atoms with E-state index in [4.69, 9.17) is 4.74 Å². The lowest BCUT2D eigenvalue weighted by atomic mass is 10.1. The topological polar surface area (TPSA) is 77.5 Å². The summed E-state index contributed by atoms with van der Waals surface area (Å²) in [6.45, 7) is 1.48. The van der Waals surface area contributed by atoms with Crippen molar-refractivity contribution in [3.8, 4) is 11.1 Å². The number of rotatable bonds is 3. The van der Waals surface area contributed by atoms with Gasteiger partial charge in [-0.3, -0.25) is 9.78 Å². The minimum Gasteiger partial charge on any atom is -0.368 e. The SMILES string of the molecule is Cn1cccc1C(=O)N1CCO[C@@H](c2nnn3cc(-c4ccncc4)ccc23)C1. The van der Waals surface area contributed by atoms with Crippen LogP contribution >= 0.6 is 0 Å². The minimum atomic E-state index is -0.308. The quantitative estimate of drug-likeness (QED) is 0.538. The molecule has 8 nitrogen and oxygen atoms in total. The number of carbonyl (C=O) groups is 1. The average Bonchev–Trinajstić information content (AvgIpc) is 3.39. The molecule has 0 saturated carbocycles. The summed E-state index contributed by atoms with van der Waals surface area (Å²) >= 11 is 0. The van der Waals surface area contributed by atoms with Crippen LogP contribution in [-0.2, 0) is 11.8 Å². The van der Waals surface area contributed by atoms with Gasteiger partial charge in [-0.1, -0.05) is 11.3 Å². The molecule has 29 heavy (non-hydrogen) atoms. The van der Waals surface area contributed by atoms with Crippen molar-refractivity contribution in [1.82, 2.24) is 29.3 Å². The molecule has 4 aromatic rings. The smallest absolute Gasteiger partial charge is 0.270 e. The number of hydrogen-bond acceptors (Lipinski definition) is 5. The Bertz CT molecular complexity index is 1170. The van der Waals surface area contributed by atoms with E-state index in [0.29, 0.717) is 25.4 Å². The second kappa shape index (κ2) is 7.14. The summed E-state index contributed by atoms with van der Waals surface area (Å²) in [6.07, 6.45) is 7.04. The highest BCUT2D eigenvalue weighted by molar-refractivity contribution is 5.92. The van der Waals surface area contributed by atoms with Crippen LogP contribution in [0.1, 0.15) is 22.3 Å². The molecule has 0 aromatic carbocycles. The normalized spacial score (nSPS) is 17.0. The van der Waals surface area contributed by atoms with Crippen molar-refractivity contribution >= 4 is 11.4 Å². The van der Waals surface area contributed by atoms with Gasteiger partial charge < -0.3 is 14.2 Å². The van der Waals surface area contributed by atoms with E-state index in [1.165, 1.54) is 0 Å². The third-order valence-corrected chi connectivity index (χ3v) is 5.28. The molecular weight excluding hydrogens is 368 g/mol. The maximum atomic E-state index is 12.9. The Morgan fingerprint density at radius 3 is 2.79 bits per heavy atom. The molecule has 146 valence electrons. The number of ether oxygens (including phenoxy) is 1. The Balaban J connectivity index is 1.42. The molecule has 1 aliphatic rings. The van der Waals surface area contributed by atoms with Crippen molar-refractivity contribution in [1.29, 1.82) is 0 Å². The largest absolute Gasteiger partial charge is 0.368 e. The minimum absolute atomic E-state index is 0.00208. The van der Waals surface area contributed by atoms with Crippen molar-refractivity contribution in [3.05, 3.63) is 72.6 Å². The molecule has 8 heteroatoms. The van der Waals surface area contributed by atoms with E-state index in [2.05, 4.69) is 15.3 Å². The van der Waals surface area contributed by atoms with E-state index in [1.54, 1.807) is 16.9 Å². The zero-order valence-corrected chi connectivity index (χ0v) is 16.0. The molecule has 1 aliphatic heterocycles. The fourth-order valence-corrected chi connectivity index (χ4v) is 3.70. The van der Waals surface area contributed by atoms with Gasteiger partial charge in [0.1, 0.15) is 17.5 Å². The van der Waals surface area contributed by atoms with Crippen molar-refractivity contribution in [2.75, 3.05) is 19.7 Å². The number of morpholine rings is 1. The van der Waals surface area contributed by atoms with E-state index < -0.39 is 0 Å². The molecule has 1 atom stereocenters. The molecular formula is C21H20N6O2. The van der Waals surface area contributed by atoms with Gasteiger partial charge in [0, 0.05) is 43.9 Å². The molecule has 0 spiro atoms. The molecule has 1 saturated heterocycles. The van der Waals surface area contributed by atoms with Crippen molar-refractivity contribution in [2.45, 2.75) is 6.10 Å². The average molecular weight is 388 g/mol. The Labute approximate surface area is 167 Å². The van der Waals surface area contributed by atoms with Gasteiger partial charge in [-0.25, -0.2) is 4.52 Å². The number of aryl methyl sites for hydroxylation is 1. The van der Waals surface area contributed by atoms with Gasteiger partial charge in [0.2, 0.25) is 0 Å². The number of nitrogens with zero attached hydrogens (tertiary/aromatic N) is 6. The number of pyridine rings is 2. The van der Waals surface area contributed by atoms with Crippen LogP contribution in [0.4, 0.5) is 0 Å². The molecule has 0 radical (unpaired) electrons. The van der Waals surface area contributed by atoms with Crippen LogP contribution in [0.25, 0.3) is 16.6 Å². The standard InChI is InChI=1S/C21H20N6O2/c1-25-10-2-3-18(25)21(28)26-11-12-29-19(14-26)20-17-5-4-16(13-27(17)24-23-20)15-6-8-22-9-7-15/h2-10,13,19H,11-12,14H2,1H3/t19-/m1/s1. The summed E-state index contributed by atoms with van der Waals surface area (Å²) in [6, 6.07) is 11.6. The second-order valence-corrected chi connectivity index (χ2v) is 7.07. The maximum Gasteiger partial charge on any atom is 0.270 e. The molecule has 5 rings (SSSR count). The van der Waals surface area contributed by atoms with Crippen molar-refractivity contribution < 1.29 is 9.53 Å². The summed E-state index contributed by atoms with van der Waals surface area (Å²) < 4.78 is 9.54. The van der Waals surface area contributed by atoms with Crippen LogP contribution in [0, 0.1) is 0 Å². The third kappa shape index (κ3) is 3.17. The summed E-state index contributed by atoms with van der Waals surface area (Å²) in [5, 5.41) is 8.64. The van der Waals surface area contributed by atoms with Crippen LogP contribution in [0.3, 0.4) is 0 Å². The first kappa shape index (κ1) is 17.6. The fraction of sp³-hybridized carbons (Fsp3) is 0.238. The van der Waals surface area contributed by atoms with Gasteiger partial charge in [-0.2, -0.15) is 0 Å². The first-order chi connectivity index (χ1) is 14.2. The zero-order valence-electron chi connectivity index (χ0n) is 16.0. The number of aromatic nitrogens is 5. The molecule has 5 heterocycles.